The minimum atomic E-state index is -0.563. The first-order chi connectivity index (χ1) is 9.02. The Labute approximate surface area is 115 Å². The zero-order chi connectivity index (χ0) is 14.0. The lowest BCUT2D eigenvalue weighted by Gasteiger charge is -2.06. The zero-order valence-corrected chi connectivity index (χ0v) is 11.3. The number of hydrogen-bond acceptors (Lipinski definition) is 2. The Hall–Kier alpha value is -1.87. The fourth-order valence-corrected chi connectivity index (χ4v) is 1.89. The van der Waals surface area contributed by atoms with Crippen molar-refractivity contribution in [3.63, 3.8) is 0 Å². The average Bonchev–Trinajstić information content (AvgIpc) is 2.41. The third kappa shape index (κ3) is 2.76. The molecule has 2 rings (SSSR count). The van der Waals surface area contributed by atoms with Crippen molar-refractivity contribution in [3.05, 3.63) is 63.9 Å². The van der Waals surface area contributed by atoms with Crippen molar-refractivity contribution in [2.75, 3.05) is 7.11 Å². The maximum Gasteiger partial charge on any atom is 0.193 e. The maximum atomic E-state index is 13.6. The first-order valence-corrected chi connectivity index (χ1v) is 6.05. The van der Waals surface area contributed by atoms with Gasteiger partial charge in [0.1, 0.15) is 0 Å². The molecule has 0 heterocycles. The molecule has 2 aromatic carbocycles. The van der Waals surface area contributed by atoms with Crippen LogP contribution in [0.2, 0.25) is 5.02 Å². The van der Waals surface area contributed by atoms with E-state index < -0.39 is 5.82 Å². The van der Waals surface area contributed by atoms with Gasteiger partial charge in [0.2, 0.25) is 0 Å². The summed E-state index contributed by atoms with van der Waals surface area (Å²) < 4.78 is 18.4. The summed E-state index contributed by atoms with van der Waals surface area (Å²) in [5, 5.41) is 0.514. The van der Waals surface area contributed by atoms with Crippen molar-refractivity contribution in [1.29, 1.82) is 0 Å². The first kappa shape index (κ1) is 13.6. The van der Waals surface area contributed by atoms with Gasteiger partial charge in [-0.25, -0.2) is 4.39 Å². The number of ketones is 1. The van der Waals surface area contributed by atoms with Gasteiger partial charge in [0.05, 0.1) is 7.11 Å². The Morgan fingerprint density at radius 2 is 1.79 bits per heavy atom. The van der Waals surface area contributed by atoms with E-state index in [1.54, 1.807) is 18.2 Å². The molecule has 4 heteroatoms. The summed E-state index contributed by atoms with van der Waals surface area (Å²) >= 11 is 5.98. The highest BCUT2D eigenvalue weighted by molar-refractivity contribution is 6.31. The smallest absolute Gasteiger partial charge is 0.193 e. The minimum absolute atomic E-state index is 0.110. The highest BCUT2D eigenvalue weighted by Gasteiger charge is 2.13. The summed E-state index contributed by atoms with van der Waals surface area (Å²) in [4.78, 5) is 12.2. The fourth-order valence-electron chi connectivity index (χ4n) is 1.71. The van der Waals surface area contributed by atoms with E-state index in [0.29, 0.717) is 10.6 Å². The first-order valence-electron chi connectivity index (χ1n) is 5.67. The topological polar surface area (TPSA) is 26.3 Å². The van der Waals surface area contributed by atoms with Crippen LogP contribution in [0.5, 0.6) is 5.75 Å². The number of ether oxygens (including phenoxy) is 1. The van der Waals surface area contributed by atoms with Gasteiger partial charge in [-0.15, -0.1) is 0 Å². The molecule has 0 radical (unpaired) electrons. The number of rotatable bonds is 3. The molecule has 0 aliphatic carbocycles. The van der Waals surface area contributed by atoms with Gasteiger partial charge in [-0.2, -0.15) is 0 Å². The van der Waals surface area contributed by atoms with E-state index >= 15 is 0 Å². The van der Waals surface area contributed by atoms with Gasteiger partial charge in [-0.3, -0.25) is 4.79 Å². The van der Waals surface area contributed by atoms with Crippen molar-refractivity contribution >= 4 is 17.4 Å². The molecule has 0 aliphatic heterocycles. The predicted molar refractivity (Wildman–Crippen MR) is 72.6 cm³/mol. The molecule has 0 N–H and O–H groups in total. The van der Waals surface area contributed by atoms with Gasteiger partial charge < -0.3 is 4.74 Å². The lowest BCUT2D eigenvalue weighted by molar-refractivity contribution is 0.103. The van der Waals surface area contributed by atoms with Crippen molar-refractivity contribution in [3.8, 4) is 5.75 Å². The summed E-state index contributed by atoms with van der Waals surface area (Å²) in [6.07, 6.45) is 0. The van der Waals surface area contributed by atoms with Gasteiger partial charge in [0, 0.05) is 16.1 Å². The van der Waals surface area contributed by atoms with Crippen LogP contribution in [0, 0.1) is 12.7 Å². The van der Waals surface area contributed by atoms with E-state index in [2.05, 4.69) is 0 Å². The second-order valence-corrected chi connectivity index (χ2v) is 4.55. The van der Waals surface area contributed by atoms with Crippen LogP contribution in [0.1, 0.15) is 21.5 Å². The quantitative estimate of drug-likeness (QED) is 0.793. The lowest BCUT2D eigenvalue weighted by Crippen LogP contribution is -2.02. The number of aryl methyl sites for hydroxylation is 1. The van der Waals surface area contributed by atoms with Gasteiger partial charge in [0.25, 0.3) is 0 Å². The summed E-state index contributed by atoms with van der Waals surface area (Å²) in [6, 6.07) is 9.13. The number of methoxy groups -OCH3 is 1. The van der Waals surface area contributed by atoms with Crippen LogP contribution in [0.3, 0.4) is 0 Å². The second-order valence-electron chi connectivity index (χ2n) is 4.14. The molecule has 19 heavy (non-hydrogen) atoms. The van der Waals surface area contributed by atoms with E-state index in [0.717, 1.165) is 11.6 Å². The van der Waals surface area contributed by atoms with Gasteiger partial charge >= 0.3 is 0 Å². The molecule has 0 unspecified atom stereocenters. The Balaban J connectivity index is 2.38. The molecule has 98 valence electrons. The normalized spacial score (nSPS) is 10.3. The molecular weight excluding hydrogens is 267 g/mol. The number of halogens is 2. The van der Waals surface area contributed by atoms with E-state index in [1.165, 1.54) is 19.2 Å². The van der Waals surface area contributed by atoms with E-state index in [1.807, 2.05) is 6.92 Å². The predicted octanol–water partition coefficient (Wildman–Crippen LogP) is 4.03. The molecule has 0 saturated heterocycles. The van der Waals surface area contributed by atoms with Gasteiger partial charge in [-0.05, 0) is 36.8 Å². The van der Waals surface area contributed by atoms with Crippen molar-refractivity contribution in [2.24, 2.45) is 0 Å². The Morgan fingerprint density at radius 1 is 1.16 bits per heavy atom. The van der Waals surface area contributed by atoms with Gasteiger partial charge in [-0.1, -0.05) is 23.7 Å². The molecule has 0 fully saturated rings. The van der Waals surface area contributed by atoms with Crippen LogP contribution >= 0.6 is 11.6 Å². The number of carbonyl (C=O) groups excluding carboxylic acids is 1. The van der Waals surface area contributed by atoms with Crippen molar-refractivity contribution in [2.45, 2.75) is 6.92 Å². The summed E-state index contributed by atoms with van der Waals surface area (Å²) in [7, 11) is 1.37. The van der Waals surface area contributed by atoms with E-state index in [4.69, 9.17) is 16.3 Å². The SMILES string of the molecule is COc1ccc(C(=O)c2ccc(C)c(Cl)c2)cc1F. The number of hydrogen-bond donors (Lipinski definition) is 0. The van der Waals surface area contributed by atoms with Crippen LogP contribution < -0.4 is 4.74 Å². The Morgan fingerprint density at radius 3 is 2.37 bits per heavy atom. The van der Waals surface area contributed by atoms with Crippen molar-refractivity contribution in [1.82, 2.24) is 0 Å². The molecule has 0 aliphatic rings. The standard InChI is InChI=1S/C15H12ClFO2/c1-9-3-4-10(7-12(9)16)15(18)11-5-6-14(19-2)13(17)8-11/h3-8H,1-2H3. The molecule has 0 saturated carbocycles. The Kier molecular flexibility index (Phi) is 3.86. The molecule has 0 amide bonds. The van der Waals surface area contributed by atoms with E-state index in [9.17, 15) is 9.18 Å². The zero-order valence-electron chi connectivity index (χ0n) is 10.5. The number of carbonyl (C=O) groups is 1. The largest absolute Gasteiger partial charge is 0.494 e. The van der Waals surface area contributed by atoms with Crippen LogP contribution in [0.15, 0.2) is 36.4 Å². The summed E-state index contributed by atoms with van der Waals surface area (Å²) in [6.45, 7) is 1.85. The third-order valence-corrected chi connectivity index (χ3v) is 3.26. The van der Waals surface area contributed by atoms with Crippen LogP contribution in [-0.2, 0) is 0 Å². The minimum Gasteiger partial charge on any atom is -0.494 e. The molecule has 0 spiro atoms. The average molecular weight is 279 g/mol. The van der Waals surface area contributed by atoms with Gasteiger partial charge in [0.15, 0.2) is 17.3 Å². The highest BCUT2D eigenvalue weighted by atomic mass is 35.5. The molecule has 2 nitrogen and oxygen atoms in total. The molecule has 2 aromatic rings. The maximum absolute atomic E-state index is 13.6. The summed E-state index contributed by atoms with van der Waals surface area (Å²) in [5.74, 6) is -0.728. The number of benzene rings is 2. The van der Waals surface area contributed by atoms with Crippen LogP contribution in [0.25, 0.3) is 0 Å². The fraction of sp³-hybridized carbons (Fsp3) is 0.133. The molecule has 0 aromatic heterocycles. The molecular formula is C15H12ClFO2. The second kappa shape index (κ2) is 5.41. The lowest BCUT2D eigenvalue weighted by atomic mass is 10.0. The van der Waals surface area contributed by atoms with Crippen LogP contribution in [0.4, 0.5) is 4.39 Å². The highest BCUT2D eigenvalue weighted by Crippen LogP contribution is 2.22. The monoisotopic (exact) mass is 278 g/mol. The molecule has 0 bridgehead atoms. The van der Waals surface area contributed by atoms with E-state index in [-0.39, 0.29) is 17.1 Å². The molecule has 0 atom stereocenters. The van der Waals surface area contributed by atoms with Crippen molar-refractivity contribution < 1.29 is 13.9 Å². The third-order valence-electron chi connectivity index (χ3n) is 2.85. The Bertz CT molecular complexity index is 638. The van der Waals surface area contributed by atoms with Crippen LogP contribution in [-0.4, -0.2) is 12.9 Å². The summed E-state index contributed by atoms with van der Waals surface area (Å²) in [5.41, 5.74) is 1.58.